The van der Waals surface area contributed by atoms with Gasteiger partial charge in [0, 0.05) is 19.6 Å². The Kier molecular flexibility index (Phi) is 4.54. The molecule has 0 atom stereocenters. The van der Waals surface area contributed by atoms with Crippen molar-refractivity contribution in [2.75, 3.05) is 44.4 Å². The van der Waals surface area contributed by atoms with Crippen LogP contribution in [-0.4, -0.2) is 53.4 Å². The molecule has 0 spiro atoms. The van der Waals surface area contributed by atoms with Crippen molar-refractivity contribution < 1.29 is 0 Å². The first kappa shape index (κ1) is 12.8. The number of aromatic nitrogens is 3. The number of hydrogen-bond donors (Lipinski definition) is 1. The van der Waals surface area contributed by atoms with Gasteiger partial charge in [0.05, 0.1) is 6.54 Å². The summed E-state index contributed by atoms with van der Waals surface area (Å²) in [6.07, 6.45) is 0. The van der Waals surface area contributed by atoms with E-state index in [1.807, 2.05) is 14.1 Å². The molecule has 0 saturated carbocycles. The third-order valence-electron chi connectivity index (χ3n) is 2.49. The normalized spacial score (nSPS) is 11.1. The summed E-state index contributed by atoms with van der Waals surface area (Å²) < 4.78 is 1.76. The molecule has 0 bridgehead atoms. The summed E-state index contributed by atoms with van der Waals surface area (Å²) in [6, 6.07) is 0. The number of nitrogens with zero attached hydrogens (tertiary/aromatic N) is 5. The second-order valence-electron chi connectivity index (χ2n) is 3.97. The van der Waals surface area contributed by atoms with Crippen LogP contribution in [0.25, 0.3) is 0 Å². The van der Waals surface area contributed by atoms with E-state index in [-0.39, 0.29) is 0 Å². The van der Waals surface area contributed by atoms with Crippen molar-refractivity contribution in [1.82, 2.24) is 19.7 Å². The zero-order valence-corrected chi connectivity index (χ0v) is 10.6. The van der Waals surface area contributed by atoms with Crippen LogP contribution >= 0.6 is 0 Å². The fourth-order valence-corrected chi connectivity index (χ4v) is 1.44. The van der Waals surface area contributed by atoms with Crippen LogP contribution in [0.15, 0.2) is 0 Å². The molecule has 1 rings (SSSR count). The maximum Gasteiger partial charge on any atom is 0.246 e. The summed E-state index contributed by atoms with van der Waals surface area (Å²) in [5, 5.41) is 4.40. The van der Waals surface area contributed by atoms with Gasteiger partial charge in [-0.15, -0.1) is 5.10 Å². The number of anilines is 2. The minimum Gasteiger partial charge on any atom is -0.368 e. The van der Waals surface area contributed by atoms with Gasteiger partial charge < -0.3 is 15.5 Å². The van der Waals surface area contributed by atoms with E-state index in [2.05, 4.69) is 33.7 Å². The van der Waals surface area contributed by atoms with Crippen LogP contribution in [0, 0.1) is 0 Å². The molecule has 6 nitrogen and oxygen atoms in total. The summed E-state index contributed by atoms with van der Waals surface area (Å²) in [5.74, 6) is 1.21. The van der Waals surface area contributed by atoms with Crippen molar-refractivity contribution >= 4 is 11.9 Å². The molecule has 0 aliphatic heterocycles. The molecule has 0 aromatic carbocycles. The molecule has 16 heavy (non-hydrogen) atoms. The zero-order chi connectivity index (χ0) is 12.1. The van der Waals surface area contributed by atoms with Gasteiger partial charge in [-0.3, -0.25) is 0 Å². The van der Waals surface area contributed by atoms with Crippen LogP contribution in [0.5, 0.6) is 0 Å². The van der Waals surface area contributed by atoms with Crippen molar-refractivity contribution in [1.29, 1.82) is 0 Å². The lowest BCUT2D eigenvalue weighted by molar-refractivity contribution is 0.375. The summed E-state index contributed by atoms with van der Waals surface area (Å²) in [5.41, 5.74) is 5.82. The van der Waals surface area contributed by atoms with E-state index in [9.17, 15) is 0 Å². The molecule has 6 heteroatoms. The summed E-state index contributed by atoms with van der Waals surface area (Å²) in [4.78, 5) is 8.45. The van der Waals surface area contributed by atoms with Gasteiger partial charge in [0.1, 0.15) is 0 Å². The predicted molar refractivity (Wildman–Crippen MR) is 66.5 cm³/mol. The number of nitrogen functional groups attached to an aromatic ring is 1. The standard InChI is InChI=1S/C10H22N6/c1-5-15(6-2)10-12-9(11)16(13-10)8-7-14(3)4/h5-8H2,1-4H3,(H2,11,12,13). The maximum absolute atomic E-state index is 5.82. The zero-order valence-electron chi connectivity index (χ0n) is 10.6. The highest BCUT2D eigenvalue weighted by atomic mass is 15.4. The molecule has 0 fully saturated rings. The predicted octanol–water partition coefficient (Wildman–Crippen LogP) is 0.268. The largest absolute Gasteiger partial charge is 0.368 e. The molecule has 2 N–H and O–H groups in total. The van der Waals surface area contributed by atoms with Crippen LogP contribution in [0.3, 0.4) is 0 Å². The van der Waals surface area contributed by atoms with Gasteiger partial charge in [-0.05, 0) is 27.9 Å². The van der Waals surface area contributed by atoms with E-state index in [1.165, 1.54) is 0 Å². The monoisotopic (exact) mass is 226 g/mol. The van der Waals surface area contributed by atoms with Crippen LogP contribution in [0.2, 0.25) is 0 Å². The number of likely N-dealkylation sites (N-methyl/N-ethyl adjacent to an activating group) is 1. The Morgan fingerprint density at radius 1 is 1.25 bits per heavy atom. The first-order valence-corrected chi connectivity index (χ1v) is 5.68. The van der Waals surface area contributed by atoms with Crippen molar-refractivity contribution in [3.8, 4) is 0 Å². The minimum absolute atomic E-state index is 0.490. The van der Waals surface area contributed by atoms with E-state index in [4.69, 9.17) is 5.73 Å². The summed E-state index contributed by atoms with van der Waals surface area (Å²) in [7, 11) is 4.05. The van der Waals surface area contributed by atoms with Crippen LogP contribution in [-0.2, 0) is 6.54 Å². The Balaban J connectivity index is 2.72. The Morgan fingerprint density at radius 3 is 2.38 bits per heavy atom. The quantitative estimate of drug-likeness (QED) is 0.754. The second kappa shape index (κ2) is 5.69. The third-order valence-corrected chi connectivity index (χ3v) is 2.49. The molecule has 92 valence electrons. The lowest BCUT2D eigenvalue weighted by atomic mass is 10.5. The smallest absolute Gasteiger partial charge is 0.246 e. The van der Waals surface area contributed by atoms with Crippen molar-refractivity contribution in [3.63, 3.8) is 0 Å². The fraction of sp³-hybridized carbons (Fsp3) is 0.800. The van der Waals surface area contributed by atoms with Crippen molar-refractivity contribution in [2.24, 2.45) is 0 Å². The maximum atomic E-state index is 5.82. The third kappa shape index (κ3) is 3.10. The number of nitrogens with two attached hydrogens (primary N) is 1. The molecule has 0 unspecified atom stereocenters. The average Bonchev–Trinajstić information content (AvgIpc) is 2.59. The SMILES string of the molecule is CCN(CC)c1nc(N)n(CCN(C)C)n1. The van der Waals surface area contributed by atoms with Gasteiger partial charge in [0.2, 0.25) is 11.9 Å². The molecular formula is C10H22N6. The Labute approximate surface area is 97.0 Å². The van der Waals surface area contributed by atoms with Crippen LogP contribution in [0.1, 0.15) is 13.8 Å². The molecular weight excluding hydrogens is 204 g/mol. The molecule has 0 amide bonds. The fourth-order valence-electron chi connectivity index (χ4n) is 1.44. The van der Waals surface area contributed by atoms with E-state index in [1.54, 1.807) is 4.68 Å². The van der Waals surface area contributed by atoms with Gasteiger partial charge >= 0.3 is 0 Å². The molecule has 0 aliphatic rings. The van der Waals surface area contributed by atoms with E-state index < -0.39 is 0 Å². The van der Waals surface area contributed by atoms with Crippen LogP contribution in [0.4, 0.5) is 11.9 Å². The highest BCUT2D eigenvalue weighted by Crippen LogP contribution is 2.10. The van der Waals surface area contributed by atoms with Crippen LogP contribution < -0.4 is 10.6 Å². The topological polar surface area (TPSA) is 63.2 Å². The summed E-state index contributed by atoms with van der Waals surface area (Å²) in [6.45, 7) is 7.64. The van der Waals surface area contributed by atoms with Gasteiger partial charge in [0.15, 0.2) is 0 Å². The number of hydrogen-bond acceptors (Lipinski definition) is 5. The van der Waals surface area contributed by atoms with Gasteiger partial charge in [-0.1, -0.05) is 0 Å². The minimum atomic E-state index is 0.490. The Hall–Kier alpha value is -1.30. The lowest BCUT2D eigenvalue weighted by Crippen LogP contribution is -2.24. The average molecular weight is 226 g/mol. The number of rotatable bonds is 6. The Bertz CT molecular complexity index is 315. The summed E-state index contributed by atoms with van der Waals surface area (Å²) >= 11 is 0. The van der Waals surface area contributed by atoms with Gasteiger partial charge in [0.25, 0.3) is 0 Å². The molecule has 0 radical (unpaired) electrons. The van der Waals surface area contributed by atoms with Gasteiger partial charge in [-0.2, -0.15) is 4.98 Å². The first-order valence-electron chi connectivity index (χ1n) is 5.68. The first-order chi connectivity index (χ1) is 7.58. The second-order valence-corrected chi connectivity index (χ2v) is 3.97. The van der Waals surface area contributed by atoms with E-state index in [0.29, 0.717) is 5.95 Å². The lowest BCUT2D eigenvalue weighted by Gasteiger charge is -2.15. The van der Waals surface area contributed by atoms with E-state index >= 15 is 0 Å². The molecule has 0 aliphatic carbocycles. The molecule has 1 aromatic heterocycles. The molecule has 0 saturated heterocycles. The van der Waals surface area contributed by atoms with Crippen molar-refractivity contribution in [3.05, 3.63) is 0 Å². The highest BCUT2D eigenvalue weighted by Gasteiger charge is 2.11. The van der Waals surface area contributed by atoms with E-state index in [0.717, 1.165) is 32.1 Å². The molecule has 1 heterocycles. The molecule has 1 aromatic rings. The highest BCUT2D eigenvalue weighted by molar-refractivity contribution is 5.34. The van der Waals surface area contributed by atoms with Gasteiger partial charge in [-0.25, -0.2) is 4.68 Å². The van der Waals surface area contributed by atoms with Crippen molar-refractivity contribution in [2.45, 2.75) is 20.4 Å². The Morgan fingerprint density at radius 2 is 1.88 bits per heavy atom.